The SMILES string of the molecule is CC(C)(C)NC(=O)C1[C@@H]2CC[C@H]1C2Cl. The van der Waals surface area contributed by atoms with Gasteiger partial charge in [-0.2, -0.15) is 0 Å². The van der Waals surface area contributed by atoms with E-state index in [1.54, 1.807) is 0 Å². The Bertz CT molecular complexity index is 247. The number of carbonyl (C=O) groups is 1. The van der Waals surface area contributed by atoms with Gasteiger partial charge in [-0.15, -0.1) is 11.6 Å². The average molecular weight is 216 g/mol. The van der Waals surface area contributed by atoms with Gasteiger partial charge < -0.3 is 5.32 Å². The first-order chi connectivity index (χ1) is 6.40. The number of nitrogens with one attached hydrogen (secondary N) is 1. The fourth-order valence-corrected chi connectivity index (χ4v) is 3.36. The normalized spacial score (nSPS) is 40.6. The maximum atomic E-state index is 11.9. The highest BCUT2D eigenvalue weighted by atomic mass is 35.5. The van der Waals surface area contributed by atoms with Crippen LogP contribution in [0.1, 0.15) is 33.6 Å². The molecule has 0 spiro atoms. The zero-order valence-electron chi connectivity index (χ0n) is 9.01. The Hall–Kier alpha value is -0.240. The van der Waals surface area contributed by atoms with Crippen LogP contribution in [0, 0.1) is 17.8 Å². The quantitative estimate of drug-likeness (QED) is 0.668. The van der Waals surface area contributed by atoms with Gasteiger partial charge in [0.2, 0.25) is 5.91 Å². The smallest absolute Gasteiger partial charge is 0.224 e. The van der Waals surface area contributed by atoms with Gasteiger partial charge in [-0.3, -0.25) is 4.79 Å². The molecule has 0 aromatic carbocycles. The van der Waals surface area contributed by atoms with E-state index < -0.39 is 0 Å². The lowest BCUT2D eigenvalue weighted by Gasteiger charge is -2.41. The van der Waals surface area contributed by atoms with Gasteiger partial charge in [0.25, 0.3) is 0 Å². The Labute approximate surface area is 90.4 Å². The third-order valence-corrected chi connectivity index (χ3v) is 4.02. The van der Waals surface area contributed by atoms with Gasteiger partial charge in [0.15, 0.2) is 0 Å². The van der Waals surface area contributed by atoms with Crippen LogP contribution in [0.4, 0.5) is 0 Å². The van der Waals surface area contributed by atoms with E-state index in [-0.39, 0.29) is 22.7 Å². The van der Waals surface area contributed by atoms with Gasteiger partial charge in [-0.05, 0) is 45.4 Å². The molecule has 0 radical (unpaired) electrons. The fourth-order valence-electron chi connectivity index (χ4n) is 2.79. The van der Waals surface area contributed by atoms with E-state index in [1.807, 2.05) is 20.8 Å². The second kappa shape index (κ2) is 3.13. The lowest BCUT2D eigenvalue weighted by atomic mass is 9.71. The number of amides is 1. The summed E-state index contributed by atoms with van der Waals surface area (Å²) in [6, 6.07) is 0. The molecule has 0 aromatic heterocycles. The standard InChI is InChI=1S/C11H18ClNO/c1-11(2,3)13-10(14)8-6-4-5-7(8)9(6)12/h6-9H,4-5H2,1-3H3,(H,13,14)/t6-,7+,8?,9?. The first kappa shape index (κ1) is 10.3. The van der Waals surface area contributed by atoms with E-state index in [2.05, 4.69) is 5.32 Å². The number of halogens is 1. The molecule has 2 bridgehead atoms. The summed E-state index contributed by atoms with van der Waals surface area (Å²) < 4.78 is 0. The lowest BCUT2D eigenvalue weighted by Crippen LogP contribution is -2.53. The predicted octanol–water partition coefficient (Wildman–Crippen LogP) is 2.16. The number of hydrogen-bond acceptors (Lipinski definition) is 1. The van der Waals surface area contributed by atoms with Gasteiger partial charge in [0.05, 0.1) is 0 Å². The average Bonchev–Trinajstić information content (AvgIpc) is 2.56. The van der Waals surface area contributed by atoms with Crippen LogP contribution in [0.2, 0.25) is 0 Å². The van der Waals surface area contributed by atoms with Crippen molar-refractivity contribution in [3.63, 3.8) is 0 Å². The van der Waals surface area contributed by atoms with Crippen LogP contribution in [0.5, 0.6) is 0 Å². The van der Waals surface area contributed by atoms with Gasteiger partial charge >= 0.3 is 0 Å². The molecule has 0 saturated heterocycles. The van der Waals surface area contributed by atoms with Gasteiger partial charge in [-0.1, -0.05) is 0 Å². The molecule has 3 aliphatic carbocycles. The molecule has 4 atom stereocenters. The summed E-state index contributed by atoms with van der Waals surface area (Å²) in [5, 5.41) is 3.31. The third kappa shape index (κ3) is 1.54. The summed E-state index contributed by atoms with van der Waals surface area (Å²) in [6.07, 6.45) is 2.28. The van der Waals surface area contributed by atoms with E-state index in [0.717, 1.165) is 12.8 Å². The van der Waals surface area contributed by atoms with Crippen molar-refractivity contribution >= 4 is 17.5 Å². The summed E-state index contributed by atoms with van der Waals surface area (Å²) >= 11 is 6.14. The fraction of sp³-hybridized carbons (Fsp3) is 0.909. The highest BCUT2D eigenvalue weighted by molar-refractivity contribution is 6.22. The van der Waals surface area contributed by atoms with Crippen molar-refractivity contribution in [2.75, 3.05) is 0 Å². The van der Waals surface area contributed by atoms with E-state index in [4.69, 9.17) is 11.6 Å². The highest BCUT2D eigenvalue weighted by Crippen LogP contribution is 2.56. The van der Waals surface area contributed by atoms with Crippen LogP contribution < -0.4 is 5.32 Å². The Morgan fingerprint density at radius 1 is 1.29 bits per heavy atom. The molecule has 0 heterocycles. The molecule has 3 fully saturated rings. The van der Waals surface area contributed by atoms with Gasteiger partial charge in [0, 0.05) is 16.8 Å². The number of fused-ring (bicyclic) bond motifs is 1. The van der Waals surface area contributed by atoms with E-state index in [0.29, 0.717) is 11.8 Å². The summed E-state index contributed by atoms with van der Waals surface area (Å²) in [5.41, 5.74) is -0.117. The van der Waals surface area contributed by atoms with Crippen LogP contribution in [-0.4, -0.2) is 16.8 Å². The maximum absolute atomic E-state index is 11.9. The number of carbonyl (C=O) groups excluding carboxylic acids is 1. The largest absolute Gasteiger partial charge is 0.351 e. The van der Waals surface area contributed by atoms with Gasteiger partial charge in [-0.25, -0.2) is 0 Å². The molecule has 3 saturated carbocycles. The molecular weight excluding hydrogens is 198 g/mol. The molecule has 3 aliphatic rings. The van der Waals surface area contributed by atoms with Crippen molar-refractivity contribution in [2.24, 2.45) is 17.8 Å². The second-order valence-electron chi connectivity index (χ2n) is 5.61. The zero-order valence-corrected chi connectivity index (χ0v) is 9.77. The topological polar surface area (TPSA) is 29.1 Å². The molecule has 14 heavy (non-hydrogen) atoms. The first-order valence-corrected chi connectivity index (χ1v) is 5.80. The molecule has 3 heteroatoms. The molecule has 2 nitrogen and oxygen atoms in total. The Morgan fingerprint density at radius 2 is 1.79 bits per heavy atom. The maximum Gasteiger partial charge on any atom is 0.224 e. The predicted molar refractivity (Wildman–Crippen MR) is 57.2 cm³/mol. The van der Waals surface area contributed by atoms with Crippen molar-refractivity contribution in [1.82, 2.24) is 5.32 Å². The lowest BCUT2D eigenvalue weighted by molar-refractivity contribution is -0.132. The second-order valence-corrected chi connectivity index (χ2v) is 6.12. The van der Waals surface area contributed by atoms with Crippen LogP contribution in [0.25, 0.3) is 0 Å². The summed E-state index contributed by atoms with van der Waals surface area (Å²) in [6.45, 7) is 6.05. The van der Waals surface area contributed by atoms with E-state index >= 15 is 0 Å². The Balaban J connectivity index is 1.96. The van der Waals surface area contributed by atoms with Crippen molar-refractivity contribution in [1.29, 1.82) is 0 Å². The molecule has 80 valence electrons. The van der Waals surface area contributed by atoms with Crippen molar-refractivity contribution in [3.8, 4) is 0 Å². The molecule has 2 unspecified atom stereocenters. The monoisotopic (exact) mass is 215 g/mol. The summed E-state index contributed by atoms with van der Waals surface area (Å²) in [5.74, 6) is 1.31. The minimum absolute atomic E-state index is 0.117. The first-order valence-electron chi connectivity index (χ1n) is 5.36. The Morgan fingerprint density at radius 3 is 2.14 bits per heavy atom. The van der Waals surface area contributed by atoms with Crippen LogP contribution in [0.15, 0.2) is 0 Å². The minimum Gasteiger partial charge on any atom is -0.351 e. The minimum atomic E-state index is -0.117. The molecular formula is C11H18ClNO. The van der Waals surface area contributed by atoms with Crippen molar-refractivity contribution in [3.05, 3.63) is 0 Å². The van der Waals surface area contributed by atoms with Crippen LogP contribution in [0.3, 0.4) is 0 Å². The summed E-state index contributed by atoms with van der Waals surface area (Å²) in [7, 11) is 0. The van der Waals surface area contributed by atoms with Crippen LogP contribution in [-0.2, 0) is 4.79 Å². The van der Waals surface area contributed by atoms with Crippen molar-refractivity contribution < 1.29 is 4.79 Å². The Kier molecular flexibility index (Phi) is 2.30. The number of hydrogen-bond donors (Lipinski definition) is 1. The molecule has 3 rings (SSSR count). The highest BCUT2D eigenvalue weighted by Gasteiger charge is 2.57. The number of alkyl halides is 1. The van der Waals surface area contributed by atoms with E-state index in [1.165, 1.54) is 0 Å². The summed E-state index contributed by atoms with van der Waals surface area (Å²) in [4.78, 5) is 11.9. The third-order valence-electron chi connectivity index (χ3n) is 3.37. The van der Waals surface area contributed by atoms with Crippen LogP contribution >= 0.6 is 11.6 Å². The van der Waals surface area contributed by atoms with Crippen molar-refractivity contribution in [2.45, 2.75) is 44.5 Å². The number of rotatable bonds is 1. The van der Waals surface area contributed by atoms with Gasteiger partial charge in [0.1, 0.15) is 0 Å². The van der Waals surface area contributed by atoms with E-state index in [9.17, 15) is 4.79 Å². The molecule has 0 aromatic rings. The zero-order chi connectivity index (χ0) is 10.5. The molecule has 0 aliphatic heterocycles. The molecule has 1 amide bonds. The molecule has 1 N–H and O–H groups in total.